The van der Waals surface area contributed by atoms with E-state index in [-0.39, 0.29) is 5.56 Å². The van der Waals surface area contributed by atoms with Gasteiger partial charge >= 0.3 is 6.18 Å². The van der Waals surface area contributed by atoms with Crippen LogP contribution in [0.15, 0.2) is 18.2 Å². The van der Waals surface area contributed by atoms with Crippen LogP contribution in [0.25, 0.3) is 0 Å². The van der Waals surface area contributed by atoms with Gasteiger partial charge in [0.1, 0.15) is 0 Å². The SMILES string of the molecule is CC#Cc1ccc([N+](=O)[O-])cc1C(F)(F)F. The van der Waals surface area contributed by atoms with Gasteiger partial charge in [-0.25, -0.2) is 0 Å². The van der Waals surface area contributed by atoms with Gasteiger partial charge in [0.25, 0.3) is 5.69 Å². The highest BCUT2D eigenvalue weighted by atomic mass is 19.4. The van der Waals surface area contributed by atoms with E-state index in [9.17, 15) is 23.3 Å². The van der Waals surface area contributed by atoms with E-state index < -0.39 is 22.4 Å². The van der Waals surface area contributed by atoms with Crippen molar-refractivity contribution >= 4 is 5.69 Å². The Morgan fingerprint density at radius 2 is 2.00 bits per heavy atom. The van der Waals surface area contributed by atoms with E-state index in [0.717, 1.165) is 12.1 Å². The van der Waals surface area contributed by atoms with Crippen LogP contribution in [-0.4, -0.2) is 4.92 Å². The number of rotatable bonds is 1. The number of benzene rings is 1. The Morgan fingerprint density at radius 3 is 2.44 bits per heavy atom. The summed E-state index contributed by atoms with van der Waals surface area (Å²) in [5.41, 5.74) is -1.95. The molecule has 0 spiro atoms. The fourth-order valence-corrected chi connectivity index (χ4v) is 1.12. The topological polar surface area (TPSA) is 43.1 Å². The molecule has 0 bridgehead atoms. The average Bonchev–Trinajstić information content (AvgIpc) is 2.16. The van der Waals surface area contributed by atoms with Crippen LogP contribution in [0.3, 0.4) is 0 Å². The Labute approximate surface area is 89.0 Å². The molecular weight excluding hydrogens is 223 g/mol. The van der Waals surface area contributed by atoms with Gasteiger partial charge in [0.2, 0.25) is 0 Å². The highest BCUT2D eigenvalue weighted by Crippen LogP contribution is 2.33. The second kappa shape index (κ2) is 4.23. The van der Waals surface area contributed by atoms with Crippen molar-refractivity contribution in [3.63, 3.8) is 0 Å². The lowest BCUT2D eigenvalue weighted by Gasteiger charge is -2.08. The molecule has 0 aliphatic rings. The summed E-state index contributed by atoms with van der Waals surface area (Å²) in [6, 6.07) is 2.48. The maximum atomic E-state index is 12.5. The van der Waals surface area contributed by atoms with Crippen molar-refractivity contribution in [2.24, 2.45) is 0 Å². The smallest absolute Gasteiger partial charge is 0.258 e. The van der Waals surface area contributed by atoms with Crippen molar-refractivity contribution in [3.8, 4) is 11.8 Å². The van der Waals surface area contributed by atoms with Crippen LogP contribution in [-0.2, 0) is 6.18 Å². The number of alkyl halides is 3. The van der Waals surface area contributed by atoms with Crippen LogP contribution >= 0.6 is 0 Å². The van der Waals surface area contributed by atoms with E-state index in [1.165, 1.54) is 6.92 Å². The van der Waals surface area contributed by atoms with Crippen LogP contribution in [0, 0.1) is 22.0 Å². The molecule has 1 rings (SSSR count). The number of nitrogens with zero attached hydrogens (tertiary/aromatic N) is 1. The van der Waals surface area contributed by atoms with Crippen molar-refractivity contribution in [2.45, 2.75) is 13.1 Å². The van der Waals surface area contributed by atoms with Gasteiger partial charge in [-0.2, -0.15) is 13.2 Å². The molecule has 0 heterocycles. The lowest BCUT2D eigenvalue weighted by Crippen LogP contribution is -2.08. The zero-order chi connectivity index (χ0) is 12.3. The highest BCUT2D eigenvalue weighted by molar-refractivity contribution is 5.48. The predicted molar refractivity (Wildman–Crippen MR) is 50.7 cm³/mol. The van der Waals surface area contributed by atoms with E-state index in [4.69, 9.17) is 0 Å². The first kappa shape index (κ1) is 12.0. The Morgan fingerprint density at radius 1 is 1.38 bits per heavy atom. The zero-order valence-electron chi connectivity index (χ0n) is 8.13. The Hall–Kier alpha value is -2.03. The molecule has 3 nitrogen and oxygen atoms in total. The number of nitro groups is 1. The maximum absolute atomic E-state index is 12.5. The molecule has 0 aliphatic carbocycles. The summed E-state index contributed by atoms with van der Waals surface area (Å²) in [6.45, 7) is 1.39. The standard InChI is InChI=1S/C10H6F3NO2/c1-2-3-7-4-5-8(14(15)16)6-9(7)10(11,12)13/h4-6H,1H3. The predicted octanol–water partition coefficient (Wildman–Crippen LogP) is 2.99. The molecule has 84 valence electrons. The van der Waals surface area contributed by atoms with Crippen LogP contribution in [0.5, 0.6) is 0 Å². The van der Waals surface area contributed by atoms with Crippen molar-refractivity contribution in [3.05, 3.63) is 39.4 Å². The number of nitro benzene ring substituents is 1. The second-order valence-electron chi connectivity index (χ2n) is 2.86. The van der Waals surface area contributed by atoms with E-state index >= 15 is 0 Å². The van der Waals surface area contributed by atoms with Crippen LogP contribution in [0.4, 0.5) is 18.9 Å². The molecule has 1 aromatic carbocycles. The molecule has 0 N–H and O–H groups in total. The molecule has 0 fully saturated rings. The minimum absolute atomic E-state index is 0.263. The second-order valence-corrected chi connectivity index (χ2v) is 2.86. The lowest BCUT2D eigenvalue weighted by molar-refractivity contribution is -0.385. The van der Waals surface area contributed by atoms with Gasteiger partial charge in [-0.3, -0.25) is 10.1 Å². The Balaban J connectivity index is 3.42. The third-order valence-electron chi connectivity index (χ3n) is 1.78. The fourth-order valence-electron chi connectivity index (χ4n) is 1.12. The third kappa shape index (κ3) is 2.51. The van der Waals surface area contributed by atoms with Crippen LogP contribution in [0.2, 0.25) is 0 Å². The summed E-state index contributed by atoms with van der Waals surface area (Å²) in [4.78, 5) is 9.47. The average molecular weight is 229 g/mol. The summed E-state index contributed by atoms with van der Waals surface area (Å²) in [6.07, 6.45) is -4.65. The van der Waals surface area contributed by atoms with Gasteiger partial charge in [-0.15, -0.1) is 5.92 Å². The summed E-state index contributed by atoms with van der Waals surface area (Å²) in [5.74, 6) is 4.58. The number of halogens is 3. The number of non-ortho nitro benzene ring substituents is 1. The van der Waals surface area contributed by atoms with Gasteiger partial charge in [0.05, 0.1) is 10.5 Å². The van der Waals surface area contributed by atoms with Crippen LogP contribution < -0.4 is 0 Å². The molecule has 0 saturated heterocycles. The van der Waals surface area contributed by atoms with Crippen molar-refractivity contribution in [2.75, 3.05) is 0 Å². The van der Waals surface area contributed by atoms with Gasteiger partial charge in [-0.1, -0.05) is 5.92 Å². The van der Waals surface area contributed by atoms with Crippen molar-refractivity contribution in [1.29, 1.82) is 0 Å². The molecule has 0 radical (unpaired) electrons. The van der Waals surface area contributed by atoms with Crippen molar-refractivity contribution < 1.29 is 18.1 Å². The molecule has 0 atom stereocenters. The van der Waals surface area contributed by atoms with E-state index in [1.807, 2.05) is 0 Å². The molecular formula is C10H6F3NO2. The Bertz CT molecular complexity index is 483. The van der Waals surface area contributed by atoms with Crippen LogP contribution in [0.1, 0.15) is 18.1 Å². The number of hydrogen-bond donors (Lipinski definition) is 0. The van der Waals surface area contributed by atoms with E-state index in [1.54, 1.807) is 0 Å². The maximum Gasteiger partial charge on any atom is 0.417 e. The first-order valence-electron chi connectivity index (χ1n) is 4.14. The molecule has 16 heavy (non-hydrogen) atoms. The molecule has 0 aliphatic heterocycles. The van der Waals surface area contributed by atoms with E-state index in [0.29, 0.717) is 6.07 Å². The zero-order valence-corrected chi connectivity index (χ0v) is 8.13. The minimum Gasteiger partial charge on any atom is -0.258 e. The van der Waals surface area contributed by atoms with Crippen molar-refractivity contribution in [1.82, 2.24) is 0 Å². The summed E-state index contributed by atoms with van der Waals surface area (Å²) < 4.78 is 37.6. The minimum atomic E-state index is -4.65. The molecule has 1 aromatic rings. The quantitative estimate of drug-likeness (QED) is 0.422. The summed E-state index contributed by atoms with van der Waals surface area (Å²) in [7, 11) is 0. The fraction of sp³-hybridized carbons (Fsp3) is 0.200. The first-order valence-corrected chi connectivity index (χ1v) is 4.14. The van der Waals surface area contributed by atoms with Gasteiger partial charge in [-0.05, 0) is 13.0 Å². The first-order chi connectivity index (χ1) is 7.36. The molecule has 6 heteroatoms. The molecule has 0 unspecified atom stereocenters. The molecule has 0 aromatic heterocycles. The van der Waals surface area contributed by atoms with E-state index in [2.05, 4.69) is 11.8 Å². The van der Waals surface area contributed by atoms with Gasteiger partial charge < -0.3 is 0 Å². The largest absolute Gasteiger partial charge is 0.417 e. The van der Waals surface area contributed by atoms with Gasteiger partial charge in [0.15, 0.2) is 0 Å². The molecule has 0 amide bonds. The van der Waals surface area contributed by atoms with Gasteiger partial charge in [0, 0.05) is 17.7 Å². The summed E-state index contributed by atoms with van der Waals surface area (Å²) in [5, 5.41) is 10.4. The highest BCUT2D eigenvalue weighted by Gasteiger charge is 2.34. The third-order valence-corrected chi connectivity index (χ3v) is 1.78. The lowest BCUT2D eigenvalue weighted by atomic mass is 10.1. The Kier molecular flexibility index (Phi) is 3.18. The summed E-state index contributed by atoms with van der Waals surface area (Å²) >= 11 is 0. The monoisotopic (exact) mass is 229 g/mol. The molecule has 0 saturated carbocycles. The number of hydrogen-bond acceptors (Lipinski definition) is 2. The normalized spacial score (nSPS) is 10.5.